The van der Waals surface area contributed by atoms with Gasteiger partial charge in [-0.2, -0.15) is 0 Å². The van der Waals surface area contributed by atoms with Crippen LogP contribution in [0.5, 0.6) is 0 Å². The lowest BCUT2D eigenvalue weighted by Gasteiger charge is -1.91. The molecule has 0 aliphatic carbocycles. The molecule has 0 atom stereocenters. The van der Waals surface area contributed by atoms with E-state index in [2.05, 4.69) is 9.47 Å². The highest BCUT2D eigenvalue weighted by Gasteiger charge is 2.07. The number of hydrogen-bond donors (Lipinski definition) is 0. The third-order valence-corrected chi connectivity index (χ3v) is 2.63. The van der Waals surface area contributed by atoms with Gasteiger partial charge in [-0.15, -0.1) is 11.3 Å². The van der Waals surface area contributed by atoms with Gasteiger partial charge < -0.3 is 9.47 Å². The standard InChI is InChI=1S/C10H10O4S/c1-13-9(11)6-4-7-3-5-8(15-7)10(12)14-2/h3-6H,1-2H3. The second-order valence-corrected chi connectivity index (χ2v) is 3.67. The molecule has 5 heteroatoms. The van der Waals surface area contributed by atoms with Gasteiger partial charge in [0.05, 0.1) is 14.2 Å². The first-order chi connectivity index (χ1) is 7.17. The van der Waals surface area contributed by atoms with Crippen molar-refractivity contribution < 1.29 is 19.1 Å². The first kappa shape index (κ1) is 11.5. The topological polar surface area (TPSA) is 52.6 Å². The second-order valence-electron chi connectivity index (χ2n) is 2.55. The zero-order valence-corrected chi connectivity index (χ0v) is 9.17. The van der Waals surface area contributed by atoms with Gasteiger partial charge in [-0.3, -0.25) is 0 Å². The Labute approximate surface area is 91.1 Å². The molecule has 0 N–H and O–H groups in total. The Balaban J connectivity index is 2.72. The Morgan fingerprint density at radius 3 is 2.60 bits per heavy atom. The first-order valence-electron chi connectivity index (χ1n) is 4.11. The number of ether oxygens (including phenoxy) is 2. The van der Waals surface area contributed by atoms with E-state index < -0.39 is 5.97 Å². The minimum absolute atomic E-state index is 0.377. The number of methoxy groups -OCH3 is 2. The van der Waals surface area contributed by atoms with Gasteiger partial charge in [-0.05, 0) is 18.2 Å². The second kappa shape index (κ2) is 5.31. The predicted octanol–water partition coefficient (Wildman–Crippen LogP) is 1.72. The van der Waals surface area contributed by atoms with E-state index in [1.807, 2.05) is 0 Å². The summed E-state index contributed by atoms with van der Waals surface area (Å²) < 4.78 is 8.99. The lowest BCUT2D eigenvalue weighted by Crippen LogP contribution is -1.96. The highest BCUT2D eigenvalue weighted by molar-refractivity contribution is 7.14. The average Bonchev–Trinajstić information content (AvgIpc) is 2.73. The summed E-state index contributed by atoms with van der Waals surface area (Å²) in [5.74, 6) is -0.805. The normalized spacial score (nSPS) is 10.3. The van der Waals surface area contributed by atoms with E-state index in [0.29, 0.717) is 4.88 Å². The quantitative estimate of drug-likeness (QED) is 0.581. The number of rotatable bonds is 3. The number of thiophene rings is 1. The molecule has 1 heterocycles. The minimum atomic E-state index is -0.428. The monoisotopic (exact) mass is 226 g/mol. The van der Waals surface area contributed by atoms with Crippen LogP contribution in [0.2, 0.25) is 0 Å². The van der Waals surface area contributed by atoms with Gasteiger partial charge in [0.1, 0.15) is 4.88 Å². The lowest BCUT2D eigenvalue weighted by atomic mass is 10.4. The molecular weight excluding hydrogens is 216 g/mol. The highest BCUT2D eigenvalue weighted by Crippen LogP contribution is 2.18. The van der Waals surface area contributed by atoms with Crippen LogP contribution < -0.4 is 0 Å². The maximum Gasteiger partial charge on any atom is 0.348 e. The minimum Gasteiger partial charge on any atom is -0.466 e. The molecule has 1 aromatic heterocycles. The lowest BCUT2D eigenvalue weighted by molar-refractivity contribution is -0.134. The van der Waals surface area contributed by atoms with Crippen LogP contribution >= 0.6 is 11.3 Å². The van der Waals surface area contributed by atoms with Gasteiger partial charge in [0.25, 0.3) is 0 Å². The van der Waals surface area contributed by atoms with E-state index in [-0.39, 0.29) is 5.97 Å². The van der Waals surface area contributed by atoms with Gasteiger partial charge in [-0.1, -0.05) is 0 Å². The molecule has 0 aromatic carbocycles. The Hall–Kier alpha value is -1.62. The first-order valence-corrected chi connectivity index (χ1v) is 4.93. The van der Waals surface area contributed by atoms with Crippen molar-refractivity contribution in [1.82, 2.24) is 0 Å². The zero-order chi connectivity index (χ0) is 11.3. The van der Waals surface area contributed by atoms with Gasteiger partial charge in [0.2, 0.25) is 0 Å². The van der Waals surface area contributed by atoms with Crippen molar-refractivity contribution in [2.45, 2.75) is 0 Å². The molecule has 0 aliphatic heterocycles. The van der Waals surface area contributed by atoms with Crippen molar-refractivity contribution in [3.8, 4) is 0 Å². The van der Waals surface area contributed by atoms with E-state index in [1.165, 1.54) is 31.6 Å². The largest absolute Gasteiger partial charge is 0.466 e. The Bertz CT molecular complexity index is 392. The van der Waals surface area contributed by atoms with Crippen LogP contribution in [0.3, 0.4) is 0 Å². The smallest absolute Gasteiger partial charge is 0.348 e. The zero-order valence-electron chi connectivity index (χ0n) is 8.35. The van der Waals surface area contributed by atoms with Crippen molar-refractivity contribution in [2.24, 2.45) is 0 Å². The van der Waals surface area contributed by atoms with Crippen molar-refractivity contribution in [3.63, 3.8) is 0 Å². The molecule has 0 amide bonds. The van der Waals surface area contributed by atoms with Crippen molar-refractivity contribution >= 4 is 29.4 Å². The Kier molecular flexibility index (Phi) is 4.05. The molecule has 1 rings (SSSR count). The van der Waals surface area contributed by atoms with Gasteiger partial charge in [-0.25, -0.2) is 9.59 Å². The molecule has 0 saturated carbocycles. The van der Waals surface area contributed by atoms with Gasteiger partial charge >= 0.3 is 11.9 Å². The van der Waals surface area contributed by atoms with E-state index in [4.69, 9.17) is 0 Å². The summed E-state index contributed by atoms with van der Waals surface area (Å²) in [7, 11) is 2.63. The molecule has 0 fully saturated rings. The van der Waals surface area contributed by atoms with Crippen LogP contribution in [0.25, 0.3) is 6.08 Å². The highest BCUT2D eigenvalue weighted by atomic mass is 32.1. The molecule has 4 nitrogen and oxygen atoms in total. The third-order valence-electron chi connectivity index (χ3n) is 1.60. The van der Waals surface area contributed by atoms with E-state index in [9.17, 15) is 9.59 Å². The maximum atomic E-state index is 11.1. The average molecular weight is 226 g/mol. The SMILES string of the molecule is COC(=O)C=Cc1ccc(C(=O)OC)s1. The van der Waals surface area contributed by atoms with Gasteiger partial charge in [0.15, 0.2) is 0 Å². The van der Waals surface area contributed by atoms with Crippen molar-refractivity contribution in [2.75, 3.05) is 14.2 Å². The molecule has 0 radical (unpaired) electrons. The Morgan fingerprint density at radius 1 is 1.27 bits per heavy atom. The predicted molar refractivity (Wildman–Crippen MR) is 56.7 cm³/mol. The van der Waals surface area contributed by atoms with Crippen molar-refractivity contribution in [1.29, 1.82) is 0 Å². The summed E-state index contributed by atoms with van der Waals surface area (Å²) in [6, 6.07) is 3.38. The maximum absolute atomic E-state index is 11.1. The van der Waals surface area contributed by atoms with Crippen LogP contribution in [0.15, 0.2) is 18.2 Å². The number of carbonyl (C=O) groups excluding carboxylic acids is 2. The van der Waals surface area contributed by atoms with E-state index in [1.54, 1.807) is 18.2 Å². The van der Waals surface area contributed by atoms with Crippen LogP contribution in [-0.4, -0.2) is 26.2 Å². The van der Waals surface area contributed by atoms with Crippen molar-refractivity contribution in [3.05, 3.63) is 28.0 Å². The molecule has 1 aromatic rings. The van der Waals surface area contributed by atoms with E-state index >= 15 is 0 Å². The molecule has 0 unspecified atom stereocenters. The summed E-state index contributed by atoms with van der Waals surface area (Å²) >= 11 is 1.25. The molecule has 0 bridgehead atoms. The fraction of sp³-hybridized carbons (Fsp3) is 0.200. The Morgan fingerprint density at radius 2 is 2.00 bits per heavy atom. The summed E-state index contributed by atoms with van der Waals surface area (Å²) in [4.78, 5) is 23.2. The fourth-order valence-electron chi connectivity index (χ4n) is 0.871. The fourth-order valence-corrected chi connectivity index (χ4v) is 1.70. The van der Waals surface area contributed by atoms with Crippen LogP contribution in [0.4, 0.5) is 0 Å². The number of esters is 2. The van der Waals surface area contributed by atoms with Crippen LogP contribution in [0.1, 0.15) is 14.5 Å². The van der Waals surface area contributed by atoms with Crippen LogP contribution in [0, 0.1) is 0 Å². The summed E-state index contributed by atoms with van der Waals surface area (Å²) in [5.41, 5.74) is 0. The summed E-state index contributed by atoms with van der Waals surface area (Å²) in [6.45, 7) is 0. The molecule has 15 heavy (non-hydrogen) atoms. The molecule has 0 saturated heterocycles. The molecule has 80 valence electrons. The summed E-state index contributed by atoms with van der Waals surface area (Å²) in [6.07, 6.45) is 2.88. The third kappa shape index (κ3) is 3.21. The number of hydrogen-bond acceptors (Lipinski definition) is 5. The number of carbonyl (C=O) groups is 2. The van der Waals surface area contributed by atoms with E-state index in [0.717, 1.165) is 4.88 Å². The summed E-state index contributed by atoms with van der Waals surface area (Å²) in [5, 5.41) is 0. The van der Waals surface area contributed by atoms with Crippen LogP contribution in [-0.2, 0) is 14.3 Å². The molecule has 0 spiro atoms. The molecular formula is C10H10O4S. The van der Waals surface area contributed by atoms with Gasteiger partial charge in [0, 0.05) is 11.0 Å². The molecule has 0 aliphatic rings.